The molecule has 70 valence electrons. The fraction of sp³-hybridized carbons (Fsp3) is 0. The van der Waals surface area contributed by atoms with Crippen molar-refractivity contribution in [3.8, 4) is 5.75 Å². The number of hydrogen-bond acceptors (Lipinski definition) is 3. The first-order chi connectivity index (χ1) is 5.38. The average molecular weight is 180 g/mol. The summed E-state index contributed by atoms with van der Waals surface area (Å²) in [6, 6.07) is 9.13. The van der Waals surface area contributed by atoms with E-state index in [0.717, 1.165) is 5.39 Å². The van der Waals surface area contributed by atoms with Gasteiger partial charge in [-0.2, -0.15) is 0 Å². The number of para-hydroxylation sites is 1. The molecule has 0 aliphatic rings. The fourth-order valence-electron chi connectivity index (χ4n) is 1.09. The SMILES string of the molecule is N.O.Oc1cccc2cccnc12. The van der Waals surface area contributed by atoms with Crippen molar-refractivity contribution in [3.05, 3.63) is 36.5 Å². The van der Waals surface area contributed by atoms with Crippen molar-refractivity contribution in [3.63, 3.8) is 0 Å². The van der Waals surface area contributed by atoms with Crippen LogP contribution in [0.25, 0.3) is 10.9 Å². The van der Waals surface area contributed by atoms with Gasteiger partial charge in [0.25, 0.3) is 0 Å². The molecule has 4 heteroatoms. The third kappa shape index (κ3) is 1.93. The number of pyridine rings is 1. The Morgan fingerprint density at radius 3 is 2.46 bits per heavy atom. The number of phenols is 1. The largest absolute Gasteiger partial charge is 0.506 e. The van der Waals surface area contributed by atoms with Crippen LogP contribution in [0.2, 0.25) is 0 Å². The first kappa shape index (κ1) is 11.4. The summed E-state index contributed by atoms with van der Waals surface area (Å²) in [7, 11) is 0. The highest BCUT2D eigenvalue weighted by Gasteiger charge is 1.96. The molecule has 0 fully saturated rings. The summed E-state index contributed by atoms with van der Waals surface area (Å²) in [5, 5.41) is 10.3. The maximum Gasteiger partial charge on any atom is 0.141 e. The third-order valence-electron chi connectivity index (χ3n) is 1.61. The van der Waals surface area contributed by atoms with Crippen LogP contribution >= 0.6 is 0 Å². The molecular weight excluding hydrogens is 168 g/mol. The van der Waals surface area contributed by atoms with E-state index in [9.17, 15) is 5.11 Å². The van der Waals surface area contributed by atoms with Crippen LogP contribution in [-0.4, -0.2) is 15.6 Å². The van der Waals surface area contributed by atoms with Gasteiger partial charge in [-0.1, -0.05) is 18.2 Å². The molecule has 0 unspecified atom stereocenters. The van der Waals surface area contributed by atoms with Gasteiger partial charge in [-0.15, -0.1) is 0 Å². The van der Waals surface area contributed by atoms with Crippen LogP contribution in [0.15, 0.2) is 36.5 Å². The maximum absolute atomic E-state index is 9.31. The highest BCUT2D eigenvalue weighted by molar-refractivity contribution is 5.83. The number of hydrogen-bond donors (Lipinski definition) is 2. The standard InChI is InChI=1S/C9H7NO.H3N.H2O/c11-8-5-1-3-7-4-2-6-10-9(7)8;;/h1-6,11H;1H3;1H2. The Hall–Kier alpha value is -1.65. The van der Waals surface area contributed by atoms with E-state index in [1.165, 1.54) is 0 Å². The second kappa shape index (κ2) is 4.39. The number of phenolic OH excluding ortho intramolecular Hbond substituents is 1. The van der Waals surface area contributed by atoms with E-state index in [1.807, 2.05) is 18.2 Å². The highest BCUT2D eigenvalue weighted by atomic mass is 16.3. The average Bonchev–Trinajstić information content (AvgIpc) is 2.06. The van der Waals surface area contributed by atoms with Crippen molar-refractivity contribution < 1.29 is 10.6 Å². The van der Waals surface area contributed by atoms with Crippen LogP contribution in [0.4, 0.5) is 0 Å². The van der Waals surface area contributed by atoms with Gasteiger partial charge in [0.2, 0.25) is 0 Å². The molecule has 6 N–H and O–H groups in total. The maximum atomic E-state index is 9.31. The molecule has 1 heterocycles. The van der Waals surface area contributed by atoms with Gasteiger partial charge < -0.3 is 16.7 Å². The van der Waals surface area contributed by atoms with E-state index in [4.69, 9.17) is 0 Å². The second-order valence-electron chi connectivity index (χ2n) is 2.35. The van der Waals surface area contributed by atoms with Gasteiger partial charge in [0.15, 0.2) is 0 Å². The molecule has 0 amide bonds. The molecule has 0 aliphatic carbocycles. The molecule has 2 rings (SSSR count). The van der Waals surface area contributed by atoms with E-state index in [-0.39, 0.29) is 17.4 Å². The Bertz CT molecular complexity index is 385. The molecule has 13 heavy (non-hydrogen) atoms. The lowest BCUT2D eigenvalue weighted by Gasteiger charge is -1.96. The second-order valence-corrected chi connectivity index (χ2v) is 2.35. The zero-order valence-electron chi connectivity index (χ0n) is 7.07. The zero-order chi connectivity index (χ0) is 7.68. The number of aromatic hydroxyl groups is 1. The van der Waals surface area contributed by atoms with Crippen molar-refractivity contribution in [2.24, 2.45) is 0 Å². The molecule has 4 nitrogen and oxygen atoms in total. The Kier molecular flexibility index (Phi) is 3.84. The topological polar surface area (TPSA) is 99.6 Å². The van der Waals surface area contributed by atoms with Gasteiger partial charge >= 0.3 is 0 Å². The van der Waals surface area contributed by atoms with Crippen molar-refractivity contribution in [1.82, 2.24) is 11.1 Å². The number of rotatable bonds is 0. The van der Waals surface area contributed by atoms with Crippen molar-refractivity contribution in [2.45, 2.75) is 0 Å². The van der Waals surface area contributed by atoms with Crippen LogP contribution in [0.1, 0.15) is 0 Å². The van der Waals surface area contributed by atoms with Gasteiger partial charge in [0.05, 0.1) is 0 Å². The number of fused-ring (bicyclic) bond motifs is 1. The van der Waals surface area contributed by atoms with Crippen LogP contribution in [0, 0.1) is 0 Å². The predicted molar refractivity (Wildman–Crippen MR) is 52.0 cm³/mol. The molecule has 0 saturated heterocycles. The Morgan fingerprint density at radius 2 is 1.77 bits per heavy atom. The Labute approximate surface area is 75.7 Å². The molecule has 0 spiro atoms. The summed E-state index contributed by atoms with van der Waals surface area (Å²) >= 11 is 0. The minimum Gasteiger partial charge on any atom is -0.506 e. The summed E-state index contributed by atoms with van der Waals surface area (Å²) in [5.41, 5.74) is 0.662. The molecule has 0 aliphatic heterocycles. The van der Waals surface area contributed by atoms with Gasteiger partial charge in [-0.3, -0.25) is 4.98 Å². The summed E-state index contributed by atoms with van der Waals surface area (Å²) in [4.78, 5) is 4.03. The van der Waals surface area contributed by atoms with E-state index in [0.29, 0.717) is 5.52 Å². The van der Waals surface area contributed by atoms with Crippen LogP contribution in [-0.2, 0) is 0 Å². The summed E-state index contributed by atoms with van der Waals surface area (Å²) in [5.74, 6) is 0.239. The normalized spacial score (nSPS) is 8.62. The van der Waals surface area contributed by atoms with Gasteiger partial charge in [0.1, 0.15) is 11.3 Å². The van der Waals surface area contributed by atoms with E-state index in [1.54, 1.807) is 18.3 Å². The third-order valence-corrected chi connectivity index (χ3v) is 1.61. The van der Waals surface area contributed by atoms with E-state index >= 15 is 0 Å². The molecule has 1 aromatic heterocycles. The quantitative estimate of drug-likeness (QED) is 0.638. The van der Waals surface area contributed by atoms with Gasteiger partial charge in [0, 0.05) is 11.6 Å². The Balaban J connectivity index is 0.000000720. The first-order valence-electron chi connectivity index (χ1n) is 3.40. The van der Waals surface area contributed by atoms with Gasteiger partial charge in [-0.05, 0) is 12.1 Å². The van der Waals surface area contributed by atoms with Crippen LogP contribution < -0.4 is 6.15 Å². The first-order valence-corrected chi connectivity index (χ1v) is 3.40. The van der Waals surface area contributed by atoms with Gasteiger partial charge in [-0.25, -0.2) is 0 Å². The summed E-state index contributed by atoms with van der Waals surface area (Å²) in [6.07, 6.45) is 1.67. The van der Waals surface area contributed by atoms with Crippen molar-refractivity contribution in [1.29, 1.82) is 0 Å². The molecular formula is C9H12N2O2. The lowest BCUT2D eigenvalue weighted by atomic mass is 10.2. The molecule has 2 aromatic rings. The molecule has 0 radical (unpaired) electrons. The minimum atomic E-state index is 0. The Morgan fingerprint density at radius 1 is 1.08 bits per heavy atom. The van der Waals surface area contributed by atoms with Crippen molar-refractivity contribution in [2.75, 3.05) is 0 Å². The highest BCUT2D eigenvalue weighted by Crippen LogP contribution is 2.20. The molecule has 0 atom stereocenters. The van der Waals surface area contributed by atoms with Crippen LogP contribution in [0.5, 0.6) is 5.75 Å². The van der Waals surface area contributed by atoms with Crippen LogP contribution in [0.3, 0.4) is 0 Å². The number of nitrogens with zero attached hydrogens (tertiary/aromatic N) is 1. The summed E-state index contributed by atoms with van der Waals surface area (Å²) in [6.45, 7) is 0. The fourth-order valence-corrected chi connectivity index (χ4v) is 1.09. The number of aromatic nitrogens is 1. The van der Waals surface area contributed by atoms with E-state index in [2.05, 4.69) is 4.98 Å². The monoisotopic (exact) mass is 180 g/mol. The predicted octanol–water partition coefficient (Wildman–Crippen LogP) is 1.28. The smallest absolute Gasteiger partial charge is 0.141 e. The lowest BCUT2D eigenvalue weighted by molar-refractivity contribution is 0.480. The zero-order valence-corrected chi connectivity index (χ0v) is 7.07. The molecule has 0 saturated carbocycles. The molecule has 1 aromatic carbocycles. The molecule has 0 bridgehead atoms. The van der Waals surface area contributed by atoms with Crippen molar-refractivity contribution >= 4 is 10.9 Å². The number of benzene rings is 1. The van der Waals surface area contributed by atoms with E-state index < -0.39 is 0 Å². The lowest BCUT2D eigenvalue weighted by Crippen LogP contribution is -1.76. The minimum absolute atomic E-state index is 0. The summed E-state index contributed by atoms with van der Waals surface area (Å²) < 4.78 is 0.